The molecule has 0 aliphatic heterocycles. The zero-order chi connectivity index (χ0) is 30.9. The molecule has 230 valence electrons. The van der Waals surface area contributed by atoms with Gasteiger partial charge in [-0.25, -0.2) is 0 Å². The molecule has 0 aliphatic rings. The van der Waals surface area contributed by atoms with Crippen LogP contribution in [0.5, 0.6) is 0 Å². The molecule has 3 aromatic carbocycles. The van der Waals surface area contributed by atoms with Crippen molar-refractivity contribution in [2.24, 2.45) is 0 Å². The molecule has 0 radical (unpaired) electrons. The van der Waals surface area contributed by atoms with Crippen LogP contribution in [0.25, 0.3) is 0 Å². The number of hydrogen-bond donors (Lipinski definition) is 3. The van der Waals surface area contributed by atoms with E-state index < -0.39 is 0 Å². The van der Waals surface area contributed by atoms with E-state index in [1.165, 1.54) is 0 Å². The molecule has 0 heterocycles. The molecular weight excluding hydrogens is 534 g/mol. The Labute approximate surface area is 258 Å². The first-order chi connectivity index (χ1) is 20.9. The first-order valence-corrected chi connectivity index (χ1v) is 16.1. The lowest BCUT2D eigenvalue weighted by molar-refractivity contribution is -0.117. The minimum Gasteiger partial charge on any atom is -0.326 e. The SMILES string of the molecule is CCCCCC(=O)Nc1ccc(C(c2ccc(NC(=O)CCCCC)cc2)c2ccc(NC(=O)CCCCC)cc2)cc1. The van der Waals surface area contributed by atoms with Crippen LogP contribution in [0, 0.1) is 0 Å². The fourth-order valence-corrected chi connectivity index (χ4v) is 5.13. The number of hydrogen-bond acceptors (Lipinski definition) is 3. The van der Waals surface area contributed by atoms with Crippen LogP contribution in [-0.4, -0.2) is 17.7 Å². The molecule has 3 amide bonds. The predicted molar refractivity (Wildman–Crippen MR) is 179 cm³/mol. The van der Waals surface area contributed by atoms with E-state index in [1.807, 2.05) is 36.4 Å². The van der Waals surface area contributed by atoms with Crippen molar-refractivity contribution in [2.75, 3.05) is 16.0 Å². The maximum absolute atomic E-state index is 12.3. The average molecular weight is 584 g/mol. The molecule has 0 aliphatic carbocycles. The van der Waals surface area contributed by atoms with Gasteiger partial charge in [0.05, 0.1) is 0 Å². The zero-order valence-corrected chi connectivity index (χ0v) is 26.2. The standard InChI is InChI=1S/C37H49N3O3/c1-4-7-10-13-34(41)38-31-22-16-28(17-23-31)37(29-18-24-32(25-19-29)39-35(42)14-11-8-5-2)30-20-26-33(27-21-30)40-36(43)15-12-9-6-3/h16-27,37H,4-15H2,1-3H3,(H,38,41)(H,39,42)(H,40,43). The van der Waals surface area contributed by atoms with Crippen LogP contribution in [0.3, 0.4) is 0 Å². The predicted octanol–water partition coefficient (Wildman–Crippen LogP) is 9.42. The van der Waals surface area contributed by atoms with Gasteiger partial charge in [-0.2, -0.15) is 0 Å². The molecule has 6 heteroatoms. The van der Waals surface area contributed by atoms with Crippen LogP contribution in [-0.2, 0) is 14.4 Å². The number of amides is 3. The number of unbranched alkanes of at least 4 members (excludes halogenated alkanes) is 6. The maximum atomic E-state index is 12.3. The van der Waals surface area contributed by atoms with Crippen molar-refractivity contribution < 1.29 is 14.4 Å². The lowest BCUT2D eigenvalue weighted by atomic mass is 9.85. The van der Waals surface area contributed by atoms with Gasteiger partial charge in [0.2, 0.25) is 17.7 Å². The van der Waals surface area contributed by atoms with Gasteiger partial charge < -0.3 is 16.0 Å². The van der Waals surface area contributed by atoms with Crippen molar-refractivity contribution in [2.45, 2.75) is 104 Å². The normalized spacial score (nSPS) is 10.9. The second-order valence-electron chi connectivity index (χ2n) is 11.3. The lowest BCUT2D eigenvalue weighted by Crippen LogP contribution is -2.12. The summed E-state index contributed by atoms with van der Waals surface area (Å²) in [5, 5.41) is 9.04. The second kappa shape index (κ2) is 18.6. The smallest absolute Gasteiger partial charge is 0.224 e. The Bertz CT molecular complexity index is 1110. The summed E-state index contributed by atoms with van der Waals surface area (Å²) in [4.78, 5) is 37.0. The zero-order valence-electron chi connectivity index (χ0n) is 26.2. The summed E-state index contributed by atoms with van der Waals surface area (Å²) >= 11 is 0. The minimum atomic E-state index is -0.0714. The number of carbonyl (C=O) groups excluding carboxylic acids is 3. The Kier molecular flexibility index (Phi) is 14.5. The van der Waals surface area contributed by atoms with Crippen molar-refractivity contribution in [3.05, 3.63) is 89.5 Å². The lowest BCUT2D eigenvalue weighted by Gasteiger charge is -2.20. The first-order valence-electron chi connectivity index (χ1n) is 16.1. The van der Waals surface area contributed by atoms with Crippen LogP contribution in [0.4, 0.5) is 17.1 Å². The fourth-order valence-electron chi connectivity index (χ4n) is 5.13. The van der Waals surface area contributed by atoms with Crippen molar-refractivity contribution in [3.8, 4) is 0 Å². The molecule has 0 aromatic heterocycles. The third kappa shape index (κ3) is 11.7. The van der Waals surface area contributed by atoms with Crippen LogP contribution in [0.2, 0.25) is 0 Å². The third-order valence-corrected chi connectivity index (χ3v) is 7.61. The van der Waals surface area contributed by atoms with Gasteiger partial charge >= 0.3 is 0 Å². The van der Waals surface area contributed by atoms with Gasteiger partial charge in [0.1, 0.15) is 0 Å². The number of anilines is 3. The van der Waals surface area contributed by atoms with Crippen molar-refractivity contribution in [3.63, 3.8) is 0 Å². The highest BCUT2D eigenvalue weighted by molar-refractivity contribution is 5.91. The molecule has 3 aromatic rings. The number of carbonyl (C=O) groups is 3. The number of rotatable bonds is 18. The molecule has 3 N–H and O–H groups in total. The molecular formula is C37H49N3O3. The Hall–Kier alpha value is -3.93. The van der Waals surface area contributed by atoms with E-state index >= 15 is 0 Å². The topological polar surface area (TPSA) is 87.3 Å². The minimum absolute atomic E-state index is 0.0393. The highest BCUT2D eigenvalue weighted by atomic mass is 16.2. The Morgan fingerprint density at radius 2 is 0.698 bits per heavy atom. The number of nitrogens with one attached hydrogen (secondary N) is 3. The van der Waals surface area contributed by atoms with Gasteiger partial charge in [0.25, 0.3) is 0 Å². The van der Waals surface area contributed by atoms with Gasteiger partial charge in [-0.1, -0.05) is 95.7 Å². The summed E-state index contributed by atoms with van der Waals surface area (Å²) in [6.07, 6.45) is 10.7. The Morgan fingerprint density at radius 1 is 0.442 bits per heavy atom. The van der Waals surface area contributed by atoms with Crippen LogP contribution >= 0.6 is 0 Å². The summed E-state index contributed by atoms with van der Waals surface area (Å²) in [6, 6.07) is 24.1. The molecule has 3 rings (SSSR count). The summed E-state index contributed by atoms with van der Waals surface area (Å²) in [5.41, 5.74) is 5.59. The molecule has 43 heavy (non-hydrogen) atoms. The van der Waals surface area contributed by atoms with Crippen LogP contribution in [0.15, 0.2) is 72.8 Å². The highest BCUT2D eigenvalue weighted by Crippen LogP contribution is 2.34. The monoisotopic (exact) mass is 583 g/mol. The van der Waals surface area contributed by atoms with Gasteiger partial charge in [-0.3, -0.25) is 14.4 Å². The van der Waals surface area contributed by atoms with Crippen LogP contribution in [0.1, 0.15) is 120 Å². The van der Waals surface area contributed by atoms with Gasteiger partial charge in [0, 0.05) is 42.2 Å². The van der Waals surface area contributed by atoms with E-state index in [4.69, 9.17) is 0 Å². The van der Waals surface area contributed by atoms with Gasteiger partial charge in [-0.05, 0) is 72.4 Å². The van der Waals surface area contributed by atoms with E-state index in [1.54, 1.807) is 0 Å². The number of benzene rings is 3. The Balaban J connectivity index is 1.80. The van der Waals surface area contributed by atoms with E-state index in [0.29, 0.717) is 19.3 Å². The highest BCUT2D eigenvalue weighted by Gasteiger charge is 2.18. The maximum Gasteiger partial charge on any atom is 0.224 e. The van der Waals surface area contributed by atoms with Crippen LogP contribution < -0.4 is 16.0 Å². The van der Waals surface area contributed by atoms with Gasteiger partial charge in [0.15, 0.2) is 0 Å². The molecule has 0 atom stereocenters. The molecule has 0 unspecified atom stereocenters. The molecule has 0 spiro atoms. The largest absolute Gasteiger partial charge is 0.326 e. The second-order valence-corrected chi connectivity index (χ2v) is 11.3. The summed E-state index contributed by atoms with van der Waals surface area (Å²) in [5.74, 6) is 0.0464. The van der Waals surface area contributed by atoms with E-state index in [-0.39, 0.29) is 23.6 Å². The summed E-state index contributed by atoms with van der Waals surface area (Å²) < 4.78 is 0. The fraction of sp³-hybridized carbons (Fsp3) is 0.432. The third-order valence-electron chi connectivity index (χ3n) is 7.61. The summed E-state index contributed by atoms with van der Waals surface area (Å²) in [6.45, 7) is 6.39. The van der Waals surface area contributed by atoms with Crippen molar-refractivity contribution in [1.82, 2.24) is 0 Å². The van der Waals surface area contributed by atoms with Crippen molar-refractivity contribution in [1.29, 1.82) is 0 Å². The average Bonchev–Trinajstić information content (AvgIpc) is 3.00. The molecule has 0 saturated carbocycles. The van der Waals surface area contributed by atoms with E-state index in [9.17, 15) is 14.4 Å². The molecule has 6 nitrogen and oxygen atoms in total. The Morgan fingerprint density at radius 3 is 0.930 bits per heavy atom. The molecule has 0 saturated heterocycles. The first kappa shape index (κ1) is 33.6. The molecule has 0 bridgehead atoms. The summed E-state index contributed by atoms with van der Waals surface area (Å²) in [7, 11) is 0. The van der Waals surface area contributed by atoms with E-state index in [2.05, 4.69) is 73.1 Å². The quantitative estimate of drug-likeness (QED) is 0.103. The van der Waals surface area contributed by atoms with E-state index in [0.717, 1.165) is 91.5 Å². The van der Waals surface area contributed by atoms with Crippen molar-refractivity contribution >= 4 is 34.8 Å². The van der Waals surface area contributed by atoms with Gasteiger partial charge in [-0.15, -0.1) is 0 Å². The molecule has 0 fully saturated rings.